The second-order valence-corrected chi connectivity index (χ2v) is 8.12. The number of carbonyl (C=O) groups is 1. The van der Waals surface area contributed by atoms with Crippen LogP contribution in [0.2, 0.25) is 0 Å². The lowest BCUT2D eigenvalue weighted by atomic mass is 10.2. The molecular weight excluding hydrogens is 368 g/mol. The summed E-state index contributed by atoms with van der Waals surface area (Å²) in [6.07, 6.45) is 2.06. The van der Waals surface area contributed by atoms with Gasteiger partial charge in [-0.25, -0.2) is 9.78 Å². The van der Waals surface area contributed by atoms with E-state index in [4.69, 9.17) is 4.74 Å². The molecule has 2 N–H and O–H groups in total. The predicted molar refractivity (Wildman–Crippen MR) is 114 cm³/mol. The van der Waals surface area contributed by atoms with Gasteiger partial charge in [0.25, 0.3) is 0 Å². The van der Waals surface area contributed by atoms with Crippen molar-refractivity contribution in [3.8, 4) is 0 Å². The van der Waals surface area contributed by atoms with Gasteiger partial charge >= 0.3 is 6.03 Å². The average molecular weight is 401 g/mol. The number of hydrogen-bond acceptors (Lipinski definition) is 5. The first-order valence-corrected chi connectivity index (χ1v) is 10.2. The Hall–Kier alpha value is -2.61. The summed E-state index contributed by atoms with van der Waals surface area (Å²) in [7, 11) is 0. The Bertz CT molecular complexity index is 809. The van der Waals surface area contributed by atoms with Gasteiger partial charge in [0.05, 0.1) is 29.8 Å². The highest BCUT2D eigenvalue weighted by atomic mass is 16.5. The van der Waals surface area contributed by atoms with E-state index in [1.807, 2.05) is 30.7 Å². The van der Waals surface area contributed by atoms with Crippen LogP contribution in [0.25, 0.3) is 0 Å². The molecule has 1 fully saturated rings. The van der Waals surface area contributed by atoms with Crippen LogP contribution in [-0.4, -0.2) is 52.6 Å². The normalized spacial score (nSPS) is 20.4. The number of urea groups is 1. The van der Waals surface area contributed by atoms with Crippen molar-refractivity contribution in [2.75, 3.05) is 29.9 Å². The molecule has 29 heavy (non-hydrogen) atoms. The summed E-state index contributed by atoms with van der Waals surface area (Å²) in [6, 6.07) is 5.65. The highest BCUT2D eigenvalue weighted by Crippen LogP contribution is 2.19. The summed E-state index contributed by atoms with van der Waals surface area (Å²) in [6.45, 7) is 13.2. The summed E-state index contributed by atoms with van der Waals surface area (Å²) in [5.41, 5.74) is 2.82. The first kappa shape index (κ1) is 21.1. The number of anilines is 2. The van der Waals surface area contributed by atoms with Crippen LogP contribution in [0.15, 0.2) is 24.4 Å². The van der Waals surface area contributed by atoms with E-state index in [0.717, 1.165) is 36.8 Å². The van der Waals surface area contributed by atoms with Gasteiger partial charge in [-0.05, 0) is 51.8 Å². The lowest BCUT2D eigenvalue weighted by molar-refractivity contribution is -0.00545. The van der Waals surface area contributed by atoms with Crippen molar-refractivity contribution < 1.29 is 9.53 Å². The third-order valence-corrected chi connectivity index (χ3v) is 4.95. The van der Waals surface area contributed by atoms with Gasteiger partial charge in [-0.1, -0.05) is 6.92 Å². The molecule has 2 aromatic rings. The number of aryl methyl sites for hydroxylation is 2. The minimum absolute atomic E-state index is 0.181. The lowest BCUT2D eigenvalue weighted by Crippen LogP contribution is -2.45. The number of morpholine rings is 1. The number of amides is 2. The van der Waals surface area contributed by atoms with Crippen molar-refractivity contribution in [1.82, 2.24) is 20.1 Å². The quantitative estimate of drug-likeness (QED) is 0.779. The Morgan fingerprint density at radius 1 is 1.28 bits per heavy atom. The fraction of sp³-hybridized carbons (Fsp3) is 0.571. The van der Waals surface area contributed by atoms with E-state index in [1.54, 1.807) is 6.20 Å². The molecule has 2 amide bonds. The predicted octanol–water partition coefficient (Wildman–Crippen LogP) is 2.97. The smallest absolute Gasteiger partial charge is 0.319 e. The molecule has 3 rings (SSSR count). The summed E-state index contributed by atoms with van der Waals surface area (Å²) < 4.78 is 7.75. The standard InChI is InChI=1S/C21H32N6O2/c1-14(11-27-16(3)8-15(2)25-27)9-23-21(28)24-19-6-7-20(22-10-19)26-12-17(4)29-18(5)13-26/h6-8,10,14,17-18H,9,11-13H2,1-5H3,(H2,23,24,28)/t14-,17-,18+/m1/s1. The molecule has 0 spiro atoms. The Balaban J connectivity index is 1.46. The number of nitrogens with one attached hydrogen (secondary N) is 2. The molecule has 8 heteroatoms. The minimum Gasteiger partial charge on any atom is -0.372 e. The molecule has 2 aromatic heterocycles. The van der Waals surface area contributed by atoms with Crippen LogP contribution >= 0.6 is 0 Å². The molecule has 3 atom stereocenters. The number of carbonyl (C=O) groups excluding carboxylic acids is 1. The van der Waals surface area contributed by atoms with Crippen LogP contribution in [0.1, 0.15) is 32.2 Å². The van der Waals surface area contributed by atoms with E-state index in [-0.39, 0.29) is 24.2 Å². The molecule has 0 radical (unpaired) electrons. The molecule has 1 saturated heterocycles. The van der Waals surface area contributed by atoms with Crippen molar-refractivity contribution in [3.05, 3.63) is 35.8 Å². The molecule has 1 aliphatic rings. The van der Waals surface area contributed by atoms with Crippen LogP contribution < -0.4 is 15.5 Å². The average Bonchev–Trinajstić information content (AvgIpc) is 2.96. The van der Waals surface area contributed by atoms with E-state index < -0.39 is 0 Å². The molecular formula is C21H32N6O2. The van der Waals surface area contributed by atoms with Crippen LogP contribution in [-0.2, 0) is 11.3 Å². The molecule has 0 bridgehead atoms. The van der Waals surface area contributed by atoms with Gasteiger partial charge in [-0.3, -0.25) is 4.68 Å². The lowest BCUT2D eigenvalue weighted by Gasteiger charge is -2.36. The molecule has 1 aliphatic heterocycles. The maximum absolute atomic E-state index is 12.2. The zero-order chi connectivity index (χ0) is 21.0. The first-order valence-electron chi connectivity index (χ1n) is 10.2. The van der Waals surface area contributed by atoms with Crippen molar-refractivity contribution in [2.45, 2.75) is 53.4 Å². The van der Waals surface area contributed by atoms with Crippen LogP contribution in [0, 0.1) is 19.8 Å². The van der Waals surface area contributed by atoms with Crippen molar-refractivity contribution in [2.24, 2.45) is 5.92 Å². The van der Waals surface area contributed by atoms with Crippen LogP contribution in [0.4, 0.5) is 16.3 Å². The van der Waals surface area contributed by atoms with E-state index in [1.165, 1.54) is 0 Å². The number of nitrogens with zero attached hydrogens (tertiary/aromatic N) is 4. The van der Waals surface area contributed by atoms with Crippen LogP contribution in [0.5, 0.6) is 0 Å². The zero-order valence-corrected chi connectivity index (χ0v) is 18.0. The Morgan fingerprint density at radius 3 is 2.59 bits per heavy atom. The van der Waals surface area contributed by atoms with Gasteiger partial charge in [0.2, 0.25) is 0 Å². The summed E-state index contributed by atoms with van der Waals surface area (Å²) in [4.78, 5) is 18.9. The summed E-state index contributed by atoms with van der Waals surface area (Å²) in [5, 5.41) is 10.2. The Kier molecular flexibility index (Phi) is 6.74. The number of pyridine rings is 1. The second kappa shape index (κ2) is 9.26. The van der Waals surface area contributed by atoms with Gasteiger partial charge in [-0.2, -0.15) is 5.10 Å². The van der Waals surface area contributed by atoms with Gasteiger partial charge in [0.1, 0.15) is 5.82 Å². The number of hydrogen-bond donors (Lipinski definition) is 2. The largest absolute Gasteiger partial charge is 0.372 e. The second-order valence-electron chi connectivity index (χ2n) is 8.12. The first-order chi connectivity index (χ1) is 13.8. The Morgan fingerprint density at radius 2 is 2.00 bits per heavy atom. The molecule has 0 aliphatic carbocycles. The van der Waals surface area contributed by atoms with E-state index in [9.17, 15) is 4.79 Å². The van der Waals surface area contributed by atoms with Crippen molar-refractivity contribution >= 4 is 17.5 Å². The highest BCUT2D eigenvalue weighted by molar-refractivity contribution is 5.89. The molecule has 0 aromatic carbocycles. The maximum atomic E-state index is 12.2. The highest BCUT2D eigenvalue weighted by Gasteiger charge is 2.23. The van der Waals surface area contributed by atoms with Crippen LogP contribution in [0.3, 0.4) is 0 Å². The fourth-order valence-electron chi connectivity index (χ4n) is 3.67. The minimum atomic E-state index is -0.228. The van der Waals surface area contributed by atoms with Gasteiger partial charge in [0.15, 0.2) is 0 Å². The molecule has 3 heterocycles. The van der Waals surface area contributed by atoms with E-state index in [2.05, 4.69) is 52.5 Å². The van der Waals surface area contributed by atoms with Gasteiger partial charge < -0.3 is 20.3 Å². The molecule has 158 valence electrons. The molecule has 8 nitrogen and oxygen atoms in total. The summed E-state index contributed by atoms with van der Waals surface area (Å²) >= 11 is 0. The summed E-state index contributed by atoms with van der Waals surface area (Å²) in [5.74, 6) is 1.17. The number of rotatable bonds is 6. The van der Waals surface area contributed by atoms with E-state index in [0.29, 0.717) is 12.2 Å². The van der Waals surface area contributed by atoms with E-state index >= 15 is 0 Å². The SMILES string of the molecule is Cc1cc(C)n(C[C@H](C)CNC(=O)Nc2ccc(N3C[C@@H](C)O[C@@H](C)C3)nc2)n1. The van der Waals surface area contributed by atoms with Gasteiger partial charge in [-0.15, -0.1) is 0 Å². The molecule has 0 saturated carbocycles. The number of ether oxygens (including phenoxy) is 1. The number of aromatic nitrogens is 3. The third-order valence-electron chi connectivity index (χ3n) is 4.95. The third kappa shape index (κ3) is 5.93. The molecule has 0 unspecified atom stereocenters. The van der Waals surface area contributed by atoms with Gasteiger partial charge in [0, 0.05) is 31.9 Å². The van der Waals surface area contributed by atoms with Crippen molar-refractivity contribution in [1.29, 1.82) is 0 Å². The van der Waals surface area contributed by atoms with Crippen molar-refractivity contribution in [3.63, 3.8) is 0 Å². The topological polar surface area (TPSA) is 84.3 Å². The maximum Gasteiger partial charge on any atom is 0.319 e. The zero-order valence-electron chi connectivity index (χ0n) is 18.0. The Labute approximate surface area is 172 Å². The fourth-order valence-corrected chi connectivity index (χ4v) is 3.67. The monoisotopic (exact) mass is 400 g/mol.